The zero-order valence-corrected chi connectivity index (χ0v) is 10.2. The normalized spacial score (nSPS) is 13.7. The van der Waals surface area contributed by atoms with Gasteiger partial charge in [-0.3, -0.25) is 4.79 Å². The summed E-state index contributed by atoms with van der Waals surface area (Å²) in [6.07, 6.45) is -1.26. The van der Waals surface area contributed by atoms with Gasteiger partial charge in [-0.15, -0.1) is 0 Å². The Morgan fingerprint density at radius 1 is 1.39 bits per heavy atom. The van der Waals surface area contributed by atoms with E-state index >= 15 is 0 Å². The van der Waals surface area contributed by atoms with Crippen molar-refractivity contribution in [1.29, 1.82) is 0 Å². The highest BCUT2D eigenvalue weighted by Gasteiger charge is 2.26. The van der Waals surface area contributed by atoms with Crippen LogP contribution in [0.4, 0.5) is 0 Å². The van der Waals surface area contributed by atoms with Gasteiger partial charge < -0.3 is 20.6 Å². The summed E-state index contributed by atoms with van der Waals surface area (Å²) < 4.78 is 0. The summed E-state index contributed by atoms with van der Waals surface area (Å²) in [5.41, 5.74) is -0.119. The number of aromatic hydroxyl groups is 1. The van der Waals surface area contributed by atoms with Crippen molar-refractivity contribution in [2.75, 3.05) is 0 Å². The molecular formula is C11H12ClNO5. The molecule has 18 heavy (non-hydrogen) atoms. The van der Waals surface area contributed by atoms with Crippen molar-refractivity contribution >= 4 is 23.5 Å². The van der Waals surface area contributed by atoms with Crippen LogP contribution in [0.2, 0.25) is 5.02 Å². The molecule has 2 atom stereocenters. The van der Waals surface area contributed by atoms with Gasteiger partial charge >= 0.3 is 5.97 Å². The second-order valence-electron chi connectivity index (χ2n) is 3.69. The number of amides is 1. The van der Waals surface area contributed by atoms with Crippen molar-refractivity contribution in [3.05, 3.63) is 28.8 Å². The van der Waals surface area contributed by atoms with Gasteiger partial charge in [0.15, 0.2) is 6.04 Å². The maximum atomic E-state index is 11.7. The Kier molecular flexibility index (Phi) is 4.52. The summed E-state index contributed by atoms with van der Waals surface area (Å²) in [4.78, 5) is 22.5. The summed E-state index contributed by atoms with van der Waals surface area (Å²) in [6, 6.07) is 2.35. The molecule has 6 nitrogen and oxygen atoms in total. The van der Waals surface area contributed by atoms with Gasteiger partial charge in [-0.2, -0.15) is 0 Å². The number of phenolic OH excluding ortho intramolecular Hbond substituents is 1. The lowest BCUT2D eigenvalue weighted by molar-refractivity contribution is -0.141. The molecule has 0 saturated heterocycles. The molecule has 0 radical (unpaired) electrons. The number of halogens is 1. The minimum Gasteiger partial charge on any atom is -0.507 e. The van der Waals surface area contributed by atoms with Crippen LogP contribution in [0.1, 0.15) is 17.3 Å². The minimum atomic E-state index is -1.45. The van der Waals surface area contributed by atoms with Gasteiger partial charge in [-0.25, -0.2) is 4.79 Å². The van der Waals surface area contributed by atoms with E-state index in [0.717, 1.165) is 6.07 Å². The lowest BCUT2D eigenvalue weighted by Gasteiger charge is -2.17. The molecule has 1 aromatic rings. The molecule has 1 rings (SSSR count). The molecule has 0 aromatic heterocycles. The predicted molar refractivity (Wildman–Crippen MR) is 63.7 cm³/mol. The quantitative estimate of drug-likeness (QED) is 0.643. The molecule has 1 aromatic carbocycles. The Morgan fingerprint density at radius 3 is 2.44 bits per heavy atom. The number of phenols is 1. The minimum absolute atomic E-state index is 0.119. The molecular weight excluding hydrogens is 262 g/mol. The third-order valence-corrected chi connectivity index (χ3v) is 2.47. The fraction of sp³-hybridized carbons (Fsp3) is 0.273. The molecule has 0 heterocycles. The van der Waals surface area contributed by atoms with Crippen LogP contribution < -0.4 is 5.32 Å². The van der Waals surface area contributed by atoms with E-state index in [0.29, 0.717) is 0 Å². The average Bonchev–Trinajstić information content (AvgIpc) is 2.24. The number of aliphatic carboxylic acids is 1. The molecule has 0 fully saturated rings. The van der Waals surface area contributed by atoms with Crippen molar-refractivity contribution < 1.29 is 24.9 Å². The first-order chi connectivity index (χ1) is 8.32. The molecule has 0 saturated carbocycles. The number of nitrogens with one attached hydrogen (secondary N) is 1. The number of hydrogen-bond donors (Lipinski definition) is 4. The first kappa shape index (κ1) is 14.3. The number of benzene rings is 1. The summed E-state index contributed by atoms with van der Waals surface area (Å²) in [6.45, 7) is 1.24. The van der Waals surface area contributed by atoms with Crippen molar-refractivity contribution in [3.8, 4) is 5.75 Å². The van der Waals surface area contributed by atoms with Crippen LogP contribution in [0.5, 0.6) is 5.75 Å². The van der Waals surface area contributed by atoms with Crippen LogP contribution in [0.3, 0.4) is 0 Å². The Balaban J connectivity index is 2.91. The van der Waals surface area contributed by atoms with E-state index in [1.807, 2.05) is 0 Å². The van der Waals surface area contributed by atoms with Crippen LogP contribution >= 0.6 is 11.6 Å². The maximum Gasteiger partial charge on any atom is 0.328 e. The van der Waals surface area contributed by atoms with E-state index in [4.69, 9.17) is 16.7 Å². The molecule has 0 spiro atoms. The molecule has 1 amide bonds. The van der Waals surface area contributed by atoms with E-state index in [-0.39, 0.29) is 16.3 Å². The van der Waals surface area contributed by atoms with Gasteiger partial charge in [0.05, 0.1) is 11.7 Å². The van der Waals surface area contributed by atoms with Crippen molar-refractivity contribution in [2.45, 2.75) is 19.1 Å². The second-order valence-corrected chi connectivity index (χ2v) is 4.13. The molecule has 4 N–H and O–H groups in total. The third kappa shape index (κ3) is 3.35. The van der Waals surface area contributed by atoms with Gasteiger partial charge in [-0.1, -0.05) is 11.6 Å². The number of carbonyl (C=O) groups excluding carboxylic acids is 1. The number of carboxylic acids is 1. The van der Waals surface area contributed by atoms with E-state index < -0.39 is 24.0 Å². The highest BCUT2D eigenvalue weighted by atomic mass is 35.5. The maximum absolute atomic E-state index is 11.7. The molecule has 98 valence electrons. The number of aliphatic hydroxyl groups is 1. The average molecular weight is 274 g/mol. The largest absolute Gasteiger partial charge is 0.507 e. The van der Waals surface area contributed by atoms with Gasteiger partial charge in [-0.05, 0) is 25.1 Å². The molecule has 0 aliphatic heterocycles. The molecule has 2 unspecified atom stereocenters. The van der Waals surface area contributed by atoms with E-state index in [9.17, 15) is 19.8 Å². The SMILES string of the molecule is CC(O)C(NC(=O)c1ccc(Cl)cc1O)C(=O)O. The molecule has 0 aliphatic rings. The summed E-state index contributed by atoms with van der Waals surface area (Å²) in [5.74, 6) is -2.54. The van der Waals surface area contributed by atoms with Gasteiger partial charge in [0.25, 0.3) is 5.91 Å². The lowest BCUT2D eigenvalue weighted by atomic mass is 10.1. The van der Waals surface area contributed by atoms with Crippen molar-refractivity contribution in [3.63, 3.8) is 0 Å². The Morgan fingerprint density at radius 2 is 2.00 bits per heavy atom. The first-order valence-corrected chi connectivity index (χ1v) is 5.41. The van der Waals surface area contributed by atoms with E-state index in [1.165, 1.54) is 19.1 Å². The number of rotatable bonds is 4. The zero-order chi connectivity index (χ0) is 13.9. The zero-order valence-electron chi connectivity index (χ0n) is 9.42. The highest BCUT2D eigenvalue weighted by Crippen LogP contribution is 2.21. The van der Waals surface area contributed by atoms with E-state index in [1.54, 1.807) is 0 Å². The van der Waals surface area contributed by atoms with Crippen LogP contribution in [0.25, 0.3) is 0 Å². The van der Waals surface area contributed by atoms with Crippen LogP contribution in [-0.2, 0) is 4.79 Å². The van der Waals surface area contributed by atoms with Gasteiger partial charge in [0.2, 0.25) is 0 Å². The Hall–Kier alpha value is -1.79. The predicted octanol–water partition coefficient (Wildman–Crippen LogP) is 0.609. The summed E-state index contributed by atoms with van der Waals surface area (Å²) in [5, 5.41) is 29.8. The number of carboxylic acid groups (broad SMARTS) is 1. The Labute approximate surface area is 108 Å². The highest BCUT2D eigenvalue weighted by molar-refractivity contribution is 6.30. The van der Waals surface area contributed by atoms with E-state index in [2.05, 4.69) is 5.32 Å². The van der Waals surface area contributed by atoms with Crippen LogP contribution in [-0.4, -0.2) is 39.3 Å². The van der Waals surface area contributed by atoms with Crippen molar-refractivity contribution in [2.24, 2.45) is 0 Å². The molecule has 0 aliphatic carbocycles. The standard InChI is InChI=1S/C11H12ClNO5/c1-5(14)9(11(17)18)13-10(16)7-3-2-6(12)4-8(7)15/h2-5,9,14-15H,1H3,(H,13,16)(H,17,18). The fourth-order valence-electron chi connectivity index (χ4n) is 1.30. The topological polar surface area (TPSA) is 107 Å². The van der Waals surface area contributed by atoms with Crippen LogP contribution in [0, 0.1) is 0 Å². The van der Waals surface area contributed by atoms with Gasteiger partial charge in [0.1, 0.15) is 5.75 Å². The Bertz CT molecular complexity index is 475. The first-order valence-electron chi connectivity index (χ1n) is 5.03. The fourth-order valence-corrected chi connectivity index (χ4v) is 1.47. The summed E-state index contributed by atoms with van der Waals surface area (Å²) >= 11 is 5.60. The molecule has 7 heteroatoms. The van der Waals surface area contributed by atoms with Crippen molar-refractivity contribution in [1.82, 2.24) is 5.32 Å². The van der Waals surface area contributed by atoms with Crippen LogP contribution in [0.15, 0.2) is 18.2 Å². The monoisotopic (exact) mass is 273 g/mol. The smallest absolute Gasteiger partial charge is 0.328 e. The summed E-state index contributed by atoms with van der Waals surface area (Å²) in [7, 11) is 0. The lowest BCUT2D eigenvalue weighted by Crippen LogP contribution is -2.47. The third-order valence-electron chi connectivity index (χ3n) is 2.24. The number of carbonyl (C=O) groups is 2. The van der Waals surface area contributed by atoms with Gasteiger partial charge in [0, 0.05) is 5.02 Å². The molecule has 0 bridgehead atoms. The number of hydrogen-bond acceptors (Lipinski definition) is 4. The number of aliphatic hydroxyl groups excluding tert-OH is 1. The second kappa shape index (κ2) is 5.70.